The van der Waals surface area contributed by atoms with Gasteiger partial charge in [0, 0.05) is 18.8 Å². The van der Waals surface area contributed by atoms with E-state index >= 15 is 0 Å². The van der Waals surface area contributed by atoms with Crippen molar-refractivity contribution in [2.45, 2.75) is 13.5 Å². The predicted molar refractivity (Wildman–Crippen MR) is 90.0 cm³/mol. The molecule has 0 aliphatic carbocycles. The van der Waals surface area contributed by atoms with Crippen molar-refractivity contribution in [1.82, 2.24) is 4.90 Å². The highest BCUT2D eigenvalue weighted by molar-refractivity contribution is 5.96. The fourth-order valence-corrected chi connectivity index (χ4v) is 1.86. The van der Waals surface area contributed by atoms with E-state index < -0.39 is 17.9 Å². The van der Waals surface area contributed by atoms with Crippen molar-refractivity contribution in [3.63, 3.8) is 0 Å². The van der Waals surface area contributed by atoms with Crippen LogP contribution in [0.25, 0.3) is 0 Å². The number of aryl methyl sites for hydroxylation is 1. The van der Waals surface area contributed by atoms with Crippen LogP contribution in [0.2, 0.25) is 0 Å². The minimum absolute atomic E-state index is 0.0740. The molecule has 0 spiro atoms. The van der Waals surface area contributed by atoms with Gasteiger partial charge in [0.1, 0.15) is 5.70 Å². The lowest BCUT2D eigenvalue weighted by molar-refractivity contribution is -0.139. The molecule has 0 aliphatic rings. The smallest absolute Gasteiger partial charge is 0.354 e. The van der Waals surface area contributed by atoms with Crippen LogP contribution in [-0.4, -0.2) is 44.1 Å². The molecule has 0 amide bonds. The average Bonchev–Trinajstić information content (AvgIpc) is 2.63. The molecular formula is C18H21NO6. The van der Waals surface area contributed by atoms with Crippen molar-refractivity contribution in [2.24, 2.45) is 0 Å². The summed E-state index contributed by atoms with van der Waals surface area (Å²) in [5.74, 6) is -2.07. The second kappa shape index (κ2) is 9.92. The molecule has 0 bridgehead atoms. The Kier molecular flexibility index (Phi) is 7.92. The van der Waals surface area contributed by atoms with Crippen LogP contribution in [0.5, 0.6) is 0 Å². The molecule has 0 radical (unpaired) electrons. The lowest BCUT2D eigenvalue weighted by Crippen LogP contribution is -2.25. The Morgan fingerprint density at radius 1 is 0.960 bits per heavy atom. The molecule has 0 saturated carbocycles. The third-order valence-corrected chi connectivity index (χ3v) is 3.22. The maximum atomic E-state index is 12.1. The summed E-state index contributed by atoms with van der Waals surface area (Å²) in [6.07, 6.45) is 3.49. The van der Waals surface area contributed by atoms with E-state index in [1.165, 1.54) is 32.4 Å². The van der Waals surface area contributed by atoms with Gasteiger partial charge in [0.25, 0.3) is 0 Å². The Hall–Kier alpha value is -3.09. The zero-order valence-electron chi connectivity index (χ0n) is 14.6. The Balaban J connectivity index is 3.24. The van der Waals surface area contributed by atoms with Gasteiger partial charge in [-0.3, -0.25) is 0 Å². The van der Waals surface area contributed by atoms with E-state index in [9.17, 15) is 14.4 Å². The normalized spacial score (nSPS) is 11.1. The molecule has 1 aromatic carbocycles. The number of carbonyl (C=O) groups excluding carboxylic acids is 3. The van der Waals surface area contributed by atoms with Crippen molar-refractivity contribution in [2.75, 3.05) is 21.3 Å². The van der Waals surface area contributed by atoms with Crippen molar-refractivity contribution in [3.8, 4) is 0 Å². The van der Waals surface area contributed by atoms with E-state index in [2.05, 4.69) is 9.47 Å². The zero-order chi connectivity index (χ0) is 18.8. The maximum Gasteiger partial charge on any atom is 0.354 e. The number of methoxy groups -OCH3 is 3. The van der Waals surface area contributed by atoms with Gasteiger partial charge in [-0.25, -0.2) is 14.4 Å². The summed E-state index contributed by atoms with van der Waals surface area (Å²) >= 11 is 0. The first-order valence-electron chi connectivity index (χ1n) is 7.37. The minimum atomic E-state index is -0.743. The topological polar surface area (TPSA) is 82.1 Å². The standard InChI is InChI=1S/C18H21NO6/c1-13-5-7-14(8-6-13)12-19(10-9-16(20)23-2)15(18(22)25-4)11-17(21)24-3/h5-11H,12H2,1-4H3/b10-9+,15-11+. The largest absolute Gasteiger partial charge is 0.466 e. The minimum Gasteiger partial charge on any atom is -0.466 e. The number of benzene rings is 1. The quantitative estimate of drug-likeness (QED) is 0.422. The first-order chi connectivity index (χ1) is 11.9. The number of carbonyl (C=O) groups is 3. The van der Waals surface area contributed by atoms with Gasteiger partial charge in [0.2, 0.25) is 0 Å². The molecule has 0 fully saturated rings. The first-order valence-corrected chi connectivity index (χ1v) is 7.37. The molecule has 1 aromatic rings. The van der Waals surface area contributed by atoms with E-state index in [0.29, 0.717) is 0 Å². The second-order valence-corrected chi connectivity index (χ2v) is 5.00. The van der Waals surface area contributed by atoms with Crippen molar-refractivity contribution in [1.29, 1.82) is 0 Å². The number of nitrogens with zero attached hydrogens (tertiary/aromatic N) is 1. The van der Waals surface area contributed by atoms with Gasteiger partial charge >= 0.3 is 17.9 Å². The highest BCUT2D eigenvalue weighted by atomic mass is 16.5. The van der Waals surface area contributed by atoms with Gasteiger partial charge in [0.15, 0.2) is 0 Å². The molecule has 1 rings (SSSR count). The van der Waals surface area contributed by atoms with Crippen molar-refractivity contribution < 1.29 is 28.6 Å². The van der Waals surface area contributed by atoms with Crippen LogP contribution in [-0.2, 0) is 35.1 Å². The molecule has 0 aliphatic heterocycles. The summed E-state index contributed by atoms with van der Waals surface area (Å²) < 4.78 is 13.9. The van der Waals surface area contributed by atoms with E-state index in [1.54, 1.807) is 0 Å². The summed E-state index contributed by atoms with van der Waals surface area (Å²) in [6.45, 7) is 2.18. The Labute approximate surface area is 146 Å². The highest BCUT2D eigenvalue weighted by Gasteiger charge is 2.19. The SMILES string of the molecule is COC(=O)/C=C/N(Cc1ccc(C)cc1)/C(=C/C(=O)OC)C(=O)OC. The number of esters is 3. The third-order valence-electron chi connectivity index (χ3n) is 3.22. The van der Waals surface area contributed by atoms with Gasteiger partial charge < -0.3 is 19.1 Å². The molecule has 25 heavy (non-hydrogen) atoms. The summed E-state index contributed by atoms with van der Waals surface area (Å²) in [6, 6.07) is 7.58. The van der Waals surface area contributed by atoms with Crippen LogP contribution < -0.4 is 0 Å². The molecule has 7 nitrogen and oxygen atoms in total. The van der Waals surface area contributed by atoms with E-state index in [-0.39, 0.29) is 12.2 Å². The number of hydrogen-bond donors (Lipinski definition) is 0. The van der Waals surface area contributed by atoms with Crippen LogP contribution in [0.1, 0.15) is 11.1 Å². The third kappa shape index (κ3) is 6.50. The van der Waals surface area contributed by atoms with Crippen molar-refractivity contribution in [3.05, 3.63) is 59.4 Å². The molecule has 0 unspecified atom stereocenters. The van der Waals surface area contributed by atoms with Crippen LogP contribution >= 0.6 is 0 Å². The monoisotopic (exact) mass is 347 g/mol. The summed E-state index contributed by atoms with van der Waals surface area (Å²) in [5, 5.41) is 0. The summed E-state index contributed by atoms with van der Waals surface area (Å²) in [4.78, 5) is 36.5. The summed E-state index contributed by atoms with van der Waals surface area (Å²) in [7, 11) is 3.63. The molecule has 0 N–H and O–H groups in total. The maximum absolute atomic E-state index is 12.1. The van der Waals surface area contributed by atoms with Gasteiger partial charge in [-0.1, -0.05) is 29.8 Å². The Bertz CT molecular complexity index is 675. The fourth-order valence-electron chi connectivity index (χ4n) is 1.86. The van der Waals surface area contributed by atoms with Gasteiger partial charge in [-0.2, -0.15) is 0 Å². The number of rotatable bonds is 7. The van der Waals surface area contributed by atoms with E-state index in [1.807, 2.05) is 31.2 Å². The fraction of sp³-hybridized carbons (Fsp3) is 0.278. The van der Waals surface area contributed by atoms with Crippen LogP contribution in [0.3, 0.4) is 0 Å². The average molecular weight is 347 g/mol. The highest BCUT2D eigenvalue weighted by Crippen LogP contribution is 2.15. The van der Waals surface area contributed by atoms with Crippen molar-refractivity contribution >= 4 is 17.9 Å². The predicted octanol–water partition coefficient (Wildman–Crippen LogP) is 1.71. The van der Waals surface area contributed by atoms with Crippen LogP contribution in [0, 0.1) is 6.92 Å². The zero-order valence-corrected chi connectivity index (χ0v) is 14.6. The van der Waals surface area contributed by atoms with Gasteiger partial charge in [0.05, 0.1) is 27.4 Å². The second-order valence-electron chi connectivity index (χ2n) is 5.00. The molecule has 0 atom stereocenters. The molecule has 0 saturated heterocycles. The van der Waals surface area contributed by atoms with Gasteiger partial charge in [-0.05, 0) is 12.5 Å². The van der Waals surface area contributed by atoms with E-state index in [4.69, 9.17) is 4.74 Å². The van der Waals surface area contributed by atoms with Gasteiger partial charge in [-0.15, -0.1) is 0 Å². The molecule has 7 heteroatoms. The number of hydrogen-bond acceptors (Lipinski definition) is 7. The summed E-state index contributed by atoms with van der Waals surface area (Å²) in [5.41, 5.74) is 1.87. The first kappa shape index (κ1) is 20.0. The van der Waals surface area contributed by atoms with E-state index in [0.717, 1.165) is 23.3 Å². The van der Waals surface area contributed by atoms with Crippen LogP contribution in [0.15, 0.2) is 48.3 Å². The Morgan fingerprint density at radius 3 is 2.08 bits per heavy atom. The Morgan fingerprint density at radius 2 is 1.56 bits per heavy atom. The molecular weight excluding hydrogens is 326 g/mol. The molecule has 134 valence electrons. The van der Waals surface area contributed by atoms with Crippen LogP contribution in [0.4, 0.5) is 0 Å². The lowest BCUT2D eigenvalue weighted by atomic mass is 10.1. The number of ether oxygens (including phenoxy) is 3. The molecule has 0 aromatic heterocycles. The molecule has 0 heterocycles. The lowest BCUT2D eigenvalue weighted by Gasteiger charge is -2.22.